The van der Waals surface area contributed by atoms with Crippen LogP contribution in [0.3, 0.4) is 0 Å². The molecular formula is C15H15NO3. The van der Waals surface area contributed by atoms with Crippen molar-refractivity contribution in [3.8, 4) is 0 Å². The second kappa shape index (κ2) is 5.10. The summed E-state index contributed by atoms with van der Waals surface area (Å²) in [4.78, 5) is 23.0. The number of carbonyl (C=O) groups is 1. The van der Waals surface area contributed by atoms with Crippen LogP contribution in [0.5, 0.6) is 0 Å². The van der Waals surface area contributed by atoms with Crippen LogP contribution in [0.2, 0.25) is 0 Å². The third-order valence-electron chi connectivity index (χ3n) is 3.07. The Balaban J connectivity index is 2.65. The summed E-state index contributed by atoms with van der Waals surface area (Å²) in [6.07, 6.45) is 0. The Morgan fingerprint density at radius 1 is 1.11 bits per heavy atom. The molecule has 1 N–H and O–H groups in total. The van der Waals surface area contributed by atoms with Gasteiger partial charge in [0.2, 0.25) is 0 Å². The summed E-state index contributed by atoms with van der Waals surface area (Å²) in [6.45, 7) is 3.49. The second-order valence-electron chi connectivity index (χ2n) is 4.50. The van der Waals surface area contributed by atoms with Gasteiger partial charge < -0.3 is 9.67 Å². The Bertz CT molecular complexity index is 633. The maximum atomic E-state index is 11.6. The summed E-state index contributed by atoms with van der Waals surface area (Å²) in [7, 11) is 0. The summed E-state index contributed by atoms with van der Waals surface area (Å²) < 4.78 is 1.67. The van der Waals surface area contributed by atoms with E-state index >= 15 is 0 Å². The van der Waals surface area contributed by atoms with Gasteiger partial charge in [0.15, 0.2) is 11.5 Å². The van der Waals surface area contributed by atoms with Crippen LogP contribution < -0.4 is 5.43 Å². The van der Waals surface area contributed by atoms with Gasteiger partial charge in [-0.15, -0.1) is 0 Å². The molecule has 0 saturated carbocycles. The molecule has 2 aromatic rings. The van der Waals surface area contributed by atoms with E-state index in [2.05, 4.69) is 0 Å². The highest BCUT2D eigenvalue weighted by atomic mass is 16.4. The maximum absolute atomic E-state index is 11.6. The Labute approximate surface area is 110 Å². The molecule has 1 unspecified atom stereocenters. The van der Waals surface area contributed by atoms with Crippen LogP contribution in [0.1, 0.15) is 23.0 Å². The first-order valence-corrected chi connectivity index (χ1v) is 5.98. The first-order chi connectivity index (χ1) is 9.00. The molecule has 1 aromatic heterocycles. The SMILES string of the molecule is Cc1cc(=O)cc(C)n1C(C(=O)O)c1ccccc1. The number of carboxylic acid groups (broad SMARTS) is 1. The van der Waals surface area contributed by atoms with Crippen LogP contribution in [0, 0.1) is 13.8 Å². The van der Waals surface area contributed by atoms with Gasteiger partial charge in [0, 0.05) is 23.5 Å². The van der Waals surface area contributed by atoms with Crippen molar-refractivity contribution >= 4 is 5.97 Å². The summed E-state index contributed by atoms with van der Waals surface area (Å²) in [5.41, 5.74) is 1.86. The van der Waals surface area contributed by atoms with E-state index in [9.17, 15) is 14.7 Å². The Morgan fingerprint density at radius 3 is 2.11 bits per heavy atom. The van der Waals surface area contributed by atoms with Gasteiger partial charge in [-0.3, -0.25) is 4.79 Å². The number of aromatic nitrogens is 1. The molecule has 1 heterocycles. The van der Waals surface area contributed by atoms with Crippen molar-refractivity contribution in [2.24, 2.45) is 0 Å². The van der Waals surface area contributed by atoms with Crippen LogP contribution >= 0.6 is 0 Å². The van der Waals surface area contributed by atoms with Crippen molar-refractivity contribution in [1.82, 2.24) is 4.57 Å². The lowest BCUT2D eigenvalue weighted by molar-refractivity contribution is -0.139. The molecule has 0 bridgehead atoms. The van der Waals surface area contributed by atoms with Gasteiger partial charge in [-0.25, -0.2) is 4.79 Å². The quantitative estimate of drug-likeness (QED) is 0.916. The van der Waals surface area contributed by atoms with Gasteiger partial charge in [0.25, 0.3) is 0 Å². The topological polar surface area (TPSA) is 59.3 Å². The zero-order chi connectivity index (χ0) is 14.0. The highest BCUT2D eigenvalue weighted by Crippen LogP contribution is 2.21. The molecule has 4 heteroatoms. The smallest absolute Gasteiger partial charge is 0.331 e. The van der Waals surface area contributed by atoms with Gasteiger partial charge in [-0.05, 0) is 19.4 Å². The van der Waals surface area contributed by atoms with E-state index in [1.807, 2.05) is 6.07 Å². The van der Waals surface area contributed by atoms with E-state index in [0.29, 0.717) is 17.0 Å². The van der Waals surface area contributed by atoms with Gasteiger partial charge in [0.05, 0.1) is 0 Å². The van der Waals surface area contributed by atoms with E-state index in [0.717, 1.165) is 0 Å². The van der Waals surface area contributed by atoms with Crippen molar-refractivity contribution in [2.45, 2.75) is 19.9 Å². The Morgan fingerprint density at radius 2 is 1.63 bits per heavy atom. The zero-order valence-electron chi connectivity index (χ0n) is 10.8. The lowest BCUT2D eigenvalue weighted by Gasteiger charge is -2.22. The minimum atomic E-state index is -0.943. The monoisotopic (exact) mass is 257 g/mol. The number of aryl methyl sites for hydroxylation is 2. The van der Waals surface area contributed by atoms with Crippen molar-refractivity contribution in [1.29, 1.82) is 0 Å². The van der Waals surface area contributed by atoms with E-state index < -0.39 is 12.0 Å². The number of nitrogens with zero attached hydrogens (tertiary/aromatic N) is 1. The number of benzene rings is 1. The highest BCUT2D eigenvalue weighted by molar-refractivity contribution is 5.76. The molecule has 0 spiro atoms. The summed E-state index contributed by atoms with van der Waals surface area (Å²) in [5, 5.41) is 9.50. The van der Waals surface area contributed by atoms with E-state index in [1.54, 1.807) is 42.7 Å². The minimum absolute atomic E-state index is 0.108. The molecular weight excluding hydrogens is 242 g/mol. The molecule has 98 valence electrons. The average molecular weight is 257 g/mol. The number of hydrogen-bond acceptors (Lipinski definition) is 2. The van der Waals surface area contributed by atoms with Crippen LogP contribution in [-0.2, 0) is 4.79 Å². The van der Waals surface area contributed by atoms with Crippen LogP contribution in [0.15, 0.2) is 47.3 Å². The first-order valence-electron chi connectivity index (χ1n) is 5.98. The molecule has 0 fully saturated rings. The van der Waals surface area contributed by atoms with Crippen molar-refractivity contribution in [3.05, 3.63) is 69.6 Å². The number of hydrogen-bond donors (Lipinski definition) is 1. The van der Waals surface area contributed by atoms with Crippen LogP contribution in [0.4, 0.5) is 0 Å². The Hall–Kier alpha value is -2.36. The van der Waals surface area contributed by atoms with Crippen molar-refractivity contribution in [3.63, 3.8) is 0 Å². The lowest BCUT2D eigenvalue weighted by atomic mass is 10.1. The molecule has 0 saturated heterocycles. The largest absolute Gasteiger partial charge is 0.479 e. The standard InChI is InChI=1S/C15H15NO3/c1-10-8-13(17)9-11(2)16(10)14(15(18)19)12-6-4-3-5-7-12/h3-9,14H,1-2H3,(H,18,19). The molecule has 2 rings (SSSR count). The van der Waals surface area contributed by atoms with Crippen LogP contribution in [-0.4, -0.2) is 15.6 Å². The lowest BCUT2D eigenvalue weighted by Crippen LogP contribution is -2.25. The summed E-state index contributed by atoms with van der Waals surface area (Å²) >= 11 is 0. The van der Waals surface area contributed by atoms with Crippen LogP contribution in [0.25, 0.3) is 0 Å². The highest BCUT2D eigenvalue weighted by Gasteiger charge is 2.23. The third kappa shape index (κ3) is 2.57. The van der Waals surface area contributed by atoms with E-state index in [1.165, 1.54) is 12.1 Å². The fraction of sp³-hybridized carbons (Fsp3) is 0.200. The van der Waals surface area contributed by atoms with Crippen molar-refractivity contribution < 1.29 is 9.90 Å². The molecule has 0 radical (unpaired) electrons. The molecule has 0 amide bonds. The van der Waals surface area contributed by atoms with Gasteiger partial charge in [0.1, 0.15) is 0 Å². The van der Waals surface area contributed by atoms with Gasteiger partial charge >= 0.3 is 5.97 Å². The van der Waals surface area contributed by atoms with E-state index in [-0.39, 0.29) is 5.43 Å². The minimum Gasteiger partial charge on any atom is -0.479 e. The number of rotatable bonds is 3. The van der Waals surface area contributed by atoms with Gasteiger partial charge in [-0.2, -0.15) is 0 Å². The molecule has 1 aromatic carbocycles. The molecule has 19 heavy (non-hydrogen) atoms. The first kappa shape index (κ1) is 13.1. The van der Waals surface area contributed by atoms with Crippen molar-refractivity contribution in [2.75, 3.05) is 0 Å². The molecule has 0 aliphatic carbocycles. The maximum Gasteiger partial charge on any atom is 0.331 e. The number of carboxylic acids is 1. The third-order valence-corrected chi connectivity index (χ3v) is 3.07. The fourth-order valence-electron chi connectivity index (χ4n) is 2.32. The molecule has 1 atom stereocenters. The predicted molar refractivity (Wildman–Crippen MR) is 72.4 cm³/mol. The van der Waals surface area contributed by atoms with Gasteiger partial charge in [-0.1, -0.05) is 30.3 Å². The Kier molecular flexibility index (Phi) is 3.51. The molecule has 0 aliphatic rings. The average Bonchev–Trinajstić information content (AvgIpc) is 2.34. The molecule has 0 aliphatic heterocycles. The molecule has 4 nitrogen and oxygen atoms in total. The second-order valence-corrected chi connectivity index (χ2v) is 4.50. The normalized spacial score (nSPS) is 12.1. The number of pyridine rings is 1. The zero-order valence-corrected chi connectivity index (χ0v) is 10.8. The van der Waals surface area contributed by atoms with E-state index in [4.69, 9.17) is 0 Å². The summed E-state index contributed by atoms with van der Waals surface area (Å²) in [5.74, 6) is -0.943. The predicted octanol–water partition coefficient (Wildman–Crippen LogP) is 2.14. The summed E-state index contributed by atoms with van der Waals surface area (Å²) in [6, 6.07) is 11.1. The fourth-order valence-corrected chi connectivity index (χ4v) is 2.32. The number of aliphatic carboxylic acids is 1.